The van der Waals surface area contributed by atoms with Gasteiger partial charge in [0.25, 0.3) is 5.91 Å². The topological polar surface area (TPSA) is 145 Å². The summed E-state index contributed by atoms with van der Waals surface area (Å²) in [5.74, 6) is -1.00. The molecule has 1 aliphatic rings. The number of carbonyl (C=O) groups is 4. The monoisotopic (exact) mass is 542 g/mol. The van der Waals surface area contributed by atoms with Crippen molar-refractivity contribution in [2.45, 2.75) is 72.4 Å². The van der Waals surface area contributed by atoms with Gasteiger partial charge in [0.05, 0.1) is 11.0 Å². The van der Waals surface area contributed by atoms with Crippen LogP contribution in [0.1, 0.15) is 70.2 Å². The van der Waals surface area contributed by atoms with Crippen LogP contribution < -0.4 is 21.6 Å². The van der Waals surface area contributed by atoms with Crippen molar-refractivity contribution in [1.82, 2.24) is 30.4 Å². The molecule has 2 bridgehead atoms. The summed E-state index contributed by atoms with van der Waals surface area (Å²) in [7, 11) is 0. The lowest BCUT2D eigenvalue weighted by molar-refractivity contribution is -0.135. The third-order valence-corrected chi connectivity index (χ3v) is 7.23. The number of aryl methyl sites for hydroxylation is 1. The number of aromatic nitrogens is 2. The van der Waals surface area contributed by atoms with E-state index in [0.29, 0.717) is 68.6 Å². The third-order valence-electron chi connectivity index (χ3n) is 7.23. The first-order valence-corrected chi connectivity index (χ1v) is 14.0. The number of amides is 4. The minimum atomic E-state index is -0.666. The maximum atomic E-state index is 13.0. The van der Waals surface area contributed by atoms with Gasteiger partial charge in [0.15, 0.2) is 0 Å². The minimum absolute atomic E-state index is 0.00661. The van der Waals surface area contributed by atoms with Crippen molar-refractivity contribution in [2.75, 3.05) is 26.2 Å². The average molecular weight is 543 g/mol. The van der Waals surface area contributed by atoms with Crippen LogP contribution in [-0.4, -0.2) is 70.3 Å². The molecule has 0 spiro atoms. The van der Waals surface area contributed by atoms with E-state index in [1.54, 1.807) is 27.7 Å². The van der Waals surface area contributed by atoms with E-state index >= 15 is 0 Å². The molecule has 11 heteroatoms. The van der Waals surface area contributed by atoms with Crippen molar-refractivity contribution in [3.8, 4) is 0 Å². The van der Waals surface area contributed by atoms with E-state index in [-0.39, 0.29) is 47.6 Å². The number of rotatable bonds is 3. The molecule has 4 N–H and O–H groups in total. The first kappa shape index (κ1) is 29.9. The van der Waals surface area contributed by atoms with Gasteiger partial charge in [-0.2, -0.15) is 0 Å². The van der Waals surface area contributed by atoms with Crippen LogP contribution in [0.3, 0.4) is 0 Å². The number of hydrogen-bond acceptors (Lipinski definition) is 5. The highest BCUT2D eigenvalue weighted by molar-refractivity contribution is 5.97. The van der Waals surface area contributed by atoms with E-state index in [9.17, 15) is 24.0 Å². The summed E-state index contributed by atoms with van der Waals surface area (Å²) >= 11 is 0. The standard InChI is InChI=1S/C28H42N6O5/c1-5-19(4)24-26(37)30-13-8-16-34-22-17-20(10-11-21(22)31-28(34)39)25(36)29-12-7-15-33(27(38)18(2)3)14-6-9-23(35)32-24/h10-11,17-19,24H,5-9,12-16H2,1-4H3,(H,29,36)(H,30,37)(H,31,39)(H,32,35)/t19-,24-/m0/s1. The number of nitrogens with one attached hydrogen (secondary N) is 4. The number of aromatic amines is 1. The zero-order valence-corrected chi connectivity index (χ0v) is 23.5. The summed E-state index contributed by atoms with van der Waals surface area (Å²) in [6.07, 6.45) is 2.44. The Morgan fingerprint density at radius 2 is 1.67 bits per heavy atom. The van der Waals surface area contributed by atoms with Crippen LogP contribution in [0.5, 0.6) is 0 Å². The third kappa shape index (κ3) is 7.93. The first-order chi connectivity index (χ1) is 18.6. The van der Waals surface area contributed by atoms with Gasteiger partial charge in [0.1, 0.15) is 6.04 Å². The molecular weight excluding hydrogens is 500 g/mol. The predicted octanol–water partition coefficient (Wildman–Crippen LogP) is 1.77. The molecule has 0 unspecified atom stereocenters. The highest BCUT2D eigenvalue weighted by Crippen LogP contribution is 2.14. The van der Waals surface area contributed by atoms with Crippen molar-refractivity contribution >= 4 is 34.7 Å². The van der Waals surface area contributed by atoms with Crippen LogP contribution in [0, 0.1) is 11.8 Å². The smallest absolute Gasteiger partial charge is 0.326 e. The molecule has 4 amide bonds. The van der Waals surface area contributed by atoms with Gasteiger partial charge in [-0.25, -0.2) is 4.79 Å². The van der Waals surface area contributed by atoms with Crippen molar-refractivity contribution in [3.63, 3.8) is 0 Å². The van der Waals surface area contributed by atoms with Crippen molar-refractivity contribution < 1.29 is 19.2 Å². The fourth-order valence-corrected chi connectivity index (χ4v) is 4.72. The molecule has 1 aromatic carbocycles. The van der Waals surface area contributed by atoms with Crippen LogP contribution in [0.25, 0.3) is 11.0 Å². The Morgan fingerprint density at radius 1 is 0.974 bits per heavy atom. The maximum Gasteiger partial charge on any atom is 0.326 e. The number of benzene rings is 1. The Morgan fingerprint density at radius 3 is 2.38 bits per heavy atom. The van der Waals surface area contributed by atoms with Gasteiger partial charge in [0, 0.05) is 50.6 Å². The van der Waals surface area contributed by atoms with Crippen LogP contribution in [-0.2, 0) is 20.9 Å². The summed E-state index contributed by atoms with van der Waals surface area (Å²) < 4.78 is 1.56. The lowest BCUT2D eigenvalue weighted by Crippen LogP contribution is -2.50. The molecule has 2 aromatic rings. The Hall–Kier alpha value is -3.63. The largest absolute Gasteiger partial charge is 0.354 e. The van der Waals surface area contributed by atoms with Crippen LogP contribution in [0.4, 0.5) is 0 Å². The number of fused-ring (bicyclic) bond motifs is 1. The Bertz CT molecular complexity index is 1230. The summed E-state index contributed by atoms with van der Waals surface area (Å²) in [5, 5.41) is 8.67. The summed E-state index contributed by atoms with van der Waals surface area (Å²) in [6, 6.07) is 4.40. The Labute approximate surface area is 229 Å². The molecular formula is C28H42N6O5. The average Bonchev–Trinajstić information content (AvgIpc) is 3.23. The van der Waals surface area contributed by atoms with E-state index in [0.717, 1.165) is 6.42 Å². The number of carbonyl (C=O) groups excluding carboxylic acids is 4. The lowest BCUT2D eigenvalue weighted by Gasteiger charge is -2.26. The molecule has 39 heavy (non-hydrogen) atoms. The molecule has 0 aliphatic carbocycles. The van der Waals surface area contributed by atoms with Crippen LogP contribution >= 0.6 is 0 Å². The zero-order valence-electron chi connectivity index (χ0n) is 23.5. The molecule has 0 saturated heterocycles. The summed E-state index contributed by atoms with van der Waals surface area (Å²) in [6.45, 7) is 9.49. The number of hydrogen-bond donors (Lipinski definition) is 4. The Kier molecular flexibility index (Phi) is 10.7. The van der Waals surface area contributed by atoms with E-state index in [4.69, 9.17) is 0 Å². The second-order valence-electron chi connectivity index (χ2n) is 10.6. The molecule has 2 atom stereocenters. The van der Waals surface area contributed by atoms with Crippen molar-refractivity contribution in [3.05, 3.63) is 34.2 Å². The first-order valence-electron chi connectivity index (χ1n) is 14.0. The van der Waals surface area contributed by atoms with Crippen LogP contribution in [0.2, 0.25) is 0 Å². The second kappa shape index (κ2) is 14.0. The number of H-pyrrole nitrogens is 1. The highest BCUT2D eigenvalue weighted by Gasteiger charge is 2.26. The molecule has 1 aliphatic heterocycles. The van der Waals surface area contributed by atoms with Gasteiger partial charge < -0.3 is 25.8 Å². The highest BCUT2D eigenvalue weighted by atomic mass is 16.2. The van der Waals surface area contributed by atoms with Gasteiger partial charge in [-0.05, 0) is 43.4 Å². The summed E-state index contributed by atoms with van der Waals surface area (Å²) in [5.41, 5.74) is 1.39. The molecule has 0 fully saturated rings. The van der Waals surface area contributed by atoms with Crippen molar-refractivity contribution in [2.24, 2.45) is 11.8 Å². The fourth-order valence-electron chi connectivity index (χ4n) is 4.72. The van der Waals surface area contributed by atoms with E-state index in [1.807, 2.05) is 27.7 Å². The van der Waals surface area contributed by atoms with Gasteiger partial charge in [0.2, 0.25) is 17.7 Å². The number of imidazole rings is 1. The SMILES string of the molecule is CC[C@H](C)[C@@H]1NC(=O)CCCN(C(=O)C(C)C)CCCNC(=O)c2ccc3[nH]c(=O)n(c3c2)CCCNC1=O. The van der Waals surface area contributed by atoms with Gasteiger partial charge in [-0.3, -0.25) is 23.7 Å². The van der Waals surface area contributed by atoms with E-state index in [2.05, 4.69) is 20.9 Å². The molecule has 1 aromatic heterocycles. The quantitative estimate of drug-likeness (QED) is 0.467. The molecule has 214 valence electrons. The molecule has 0 radical (unpaired) electrons. The second-order valence-corrected chi connectivity index (χ2v) is 10.6. The lowest BCUT2D eigenvalue weighted by atomic mass is 9.98. The maximum absolute atomic E-state index is 13.0. The zero-order chi connectivity index (χ0) is 28.5. The molecule has 11 nitrogen and oxygen atoms in total. The fraction of sp³-hybridized carbons (Fsp3) is 0.607. The van der Waals surface area contributed by atoms with Crippen LogP contribution in [0.15, 0.2) is 23.0 Å². The summed E-state index contributed by atoms with van der Waals surface area (Å²) in [4.78, 5) is 68.4. The molecule has 0 saturated carbocycles. The predicted molar refractivity (Wildman–Crippen MR) is 149 cm³/mol. The minimum Gasteiger partial charge on any atom is -0.354 e. The van der Waals surface area contributed by atoms with E-state index in [1.165, 1.54) is 0 Å². The molecule has 2 heterocycles. The normalized spacial score (nSPS) is 19.8. The van der Waals surface area contributed by atoms with Gasteiger partial charge >= 0.3 is 5.69 Å². The molecule has 3 rings (SSSR count). The van der Waals surface area contributed by atoms with Gasteiger partial charge in [-0.1, -0.05) is 34.1 Å². The van der Waals surface area contributed by atoms with Crippen molar-refractivity contribution in [1.29, 1.82) is 0 Å². The Balaban J connectivity index is 1.83. The van der Waals surface area contributed by atoms with E-state index < -0.39 is 6.04 Å². The number of nitrogens with zero attached hydrogens (tertiary/aromatic N) is 2. The van der Waals surface area contributed by atoms with Gasteiger partial charge in [-0.15, -0.1) is 0 Å².